The van der Waals surface area contributed by atoms with Crippen LogP contribution in [-0.2, 0) is 33.6 Å². The Balaban J connectivity index is 3.05. The molecule has 280 valence electrons. The minimum atomic E-state index is -1.62. The van der Waals surface area contributed by atoms with Crippen LogP contribution < -0.4 is 32.3 Å². The Hall–Kier alpha value is -3.83. The molecule has 17 nitrogen and oxygen atoms in total. The number of nitrogens with zero attached hydrogens (tertiary/aromatic N) is 1. The van der Waals surface area contributed by atoms with Crippen molar-refractivity contribution in [3.63, 3.8) is 0 Å². The van der Waals surface area contributed by atoms with Crippen molar-refractivity contribution in [1.82, 2.24) is 31.5 Å². The molecule has 0 radical (unpaired) electrons. The number of unbranched alkanes of at least 4 members (excludes halogenated alkanes) is 1. The number of hydrogen-bond acceptors (Lipinski definition) is 10. The van der Waals surface area contributed by atoms with E-state index < -0.39 is 90.4 Å². The zero-order chi connectivity index (χ0) is 37.4. The van der Waals surface area contributed by atoms with E-state index in [9.17, 15) is 48.9 Å². The van der Waals surface area contributed by atoms with Gasteiger partial charge < -0.3 is 52.5 Å². The fourth-order valence-corrected chi connectivity index (χ4v) is 5.45. The Morgan fingerprint density at radius 1 is 0.878 bits per heavy atom. The number of nitrogens with one attached hydrogen (secondary N) is 5. The number of carboxylic acids is 1. The van der Waals surface area contributed by atoms with Gasteiger partial charge in [-0.25, -0.2) is 4.79 Å². The SMILES string of the molecule is CC[C@H](C)[C@H](NC(=O)[C@H](CCCCNC(C)=O)NC(=O)[C@H](CO)NC(=O)[C@@H](NC(=O)[C@@H]1CCCN1C(=O)[C@@H](N)CC(C)C)[C@@H](C)O)C(=O)O. The molecule has 0 saturated carbocycles. The number of aliphatic carboxylic acids is 1. The molecule has 0 aromatic heterocycles. The van der Waals surface area contributed by atoms with E-state index in [4.69, 9.17) is 5.73 Å². The van der Waals surface area contributed by atoms with Crippen LogP contribution in [0.15, 0.2) is 0 Å². The quantitative estimate of drug-likeness (QED) is 0.0597. The Bertz CT molecular complexity index is 1150. The summed E-state index contributed by atoms with van der Waals surface area (Å²) in [7, 11) is 0. The first-order valence-corrected chi connectivity index (χ1v) is 17.0. The average molecular weight is 700 g/mol. The van der Waals surface area contributed by atoms with E-state index in [-0.39, 0.29) is 18.2 Å². The molecule has 1 aliphatic heterocycles. The van der Waals surface area contributed by atoms with Crippen LogP contribution in [0.5, 0.6) is 0 Å². The fourth-order valence-electron chi connectivity index (χ4n) is 5.45. The molecule has 0 aromatic carbocycles. The van der Waals surface area contributed by atoms with Gasteiger partial charge in [0.2, 0.25) is 35.4 Å². The van der Waals surface area contributed by atoms with Crippen LogP contribution in [0.2, 0.25) is 0 Å². The fraction of sp³-hybridized carbons (Fsp3) is 0.781. The first-order chi connectivity index (χ1) is 22.9. The maximum Gasteiger partial charge on any atom is 0.326 e. The second-order valence-corrected chi connectivity index (χ2v) is 13.1. The van der Waals surface area contributed by atoms with Crippen LogP contribution in [0, 0.1) is 11.8 Å². The maximum atomic E-state index is 13.2. The highest BCUT2D eigenvalue weighted by Crippen LogP contribution is 2.20. The van der Waals surface area contributed by atoms with Crippen LogP contribution in [0.3, 0.4) is 0 Å². The van der Waals surface area contributed by atoms with Crippen molar-refractivity contribution in [2.75, 3.05) is 19.7 Å². The van der Waals surface area contributed by atoms with Gasteiger partial charge in [0, 0.05) is 20.0 Å². The van der Waals surface area contributed by atoms with Crippen molar-refractivity contribution >= 4 is 41.4 Å². The third-order valence-electron chi connectivity index (χ3n) is 8.46. The van der Waals surface area contributed by atoms with E-state index in [2.05, 4.69) is 26.6 Å². The summed E-state index contributed by atoms with van der Waals surface area (Å²) in [6.45, 7) is 9.53. The number of amides is 6. The average Bonchev–Trinajstić information content (AvgIpc) is 3.52. The lowest BCUT2D eigenvalue weighted by Crippen LogP contribution is -2.61. The van der Waals surface area contributed by atoms with Gasteiger partial charge in [-0.05, 0) is 57.3 Å². The molecule has 1 rings (SSSR count). The summed E-state index contributed by atoms with van der Waals surface area (Å²) >= 11 is 0. The first kappa shape index (κ1) is 43.2. The molecule has 0 spiro atoms. The highest BCUT2D eigenvalue weighted by molar-refractivity contribution is 5.96. The van der Waals surface area contributed by atoms with Gasteiger partial charge in [0.15, 0.2) is 0 Å². The summed E-state index contributed by atoms with van der Waals surface area (Å²) in [5, 5.41) is 42.3. The number of nitrogens with two attached hydrogens (primary N) is 1. The van der Waals surface area contributed by atoms with Crippen LogP contribution in [0.1, 0.15) is 86.5 Å². The minimum absolute atomic E-state index is 0.0416. The van der Waals surface area contributed by atoms with E-state index in [1.807, 2.05) is 13.8 Å². The number of carbonyl (C=O) groups is 7. The van der Waals surface area contributed by atoms with Gasteiger partial charge in [-0.3, -0.25) is 28.8 Å². The van der Waals surface area contributed by atoms with Gasteiger partial charge >= 0.3 is 5.97 Å². The van der Waals surface area contributed by atoms with Crippen molar-refractivity contribution in [3.05, 3.63) is 0 Å². The standard InChI is InChI=1S/C32H57N7O10/c1-7-18(4)25(32(48)49)37-27(43)22(11-8-9-13-34-20(6)42)35-28(44)23(16-40)36-30(46)26(19(5)41)38-29(45)24-12-10-14-39(24)31(47)21(33)15-17(2)3/h17-19,21-26,40-41H,7-16,33H2,1-6H3,(H,34,42)(H,35,44)(H,36,46)(H,37,43)(H,38,45)(H,48,49)/t18-,19+,21-,22-,23-,24-,25-,26-/m0/s1. The highest BCUT2D eigenvalue weighted by Gasteiger charge is 2.39. The van der Waals surface area contributed by atoms with Crippen molar-refractivity contribution < 1.29 is 48.9 Å². The third kappa shape index (κ3) is 14.3. The molecule has 1 aliphatic rings. The van der Waals surface area contributed by atoms with Crippen LogP contribution >= 0.6 is 0 Å². The van der Waals surface area contributed by atoms with Crippen molar-refractivity contribution in [1.29, 1.82) is 0 Å². The number of rotatable bonds is 21. The lowest BCUT2D eigenvalue weighted by Gasteiger charge is -2.30. The number of aliphatic hydroxyl groups excluding tert-OH is 2. The molecule has 10 N–H and O–H groups in total. The van der Waals surface area contributed by atoms with Crippen LogP contribution in [0.4, 0.5) is 0 Å². The lowest BCUT2D eigenvalue weighted by atomic mass is 9.98. The molecule has 0 aliphatic carbocycles. The molecule has 1 fully saturated rings. The van der Waals surface area contributed by atoms with Gasteiger partial charge in [-0.15, -0.1) is 0 Å². The Morgan fingerprint density at radius 3 is 2.02 bits per heavy atom. The predicted octanol–water partition coefficient (Wildman–Crippen LogP) is -1.90. The Kier molecular flexibility index (Phi) is 18.8. The van der Waals surface area contributed by atoms with E-state index in [1.54, 1.807) is 13.8 Å². The molecular formula is C32H57N7O10. The lowest BCUT2D eigenvalue weighted by molar-refractivity contribution is -0.144. The number of hydrogen-bond donors (Lipinski definition) is 9. The minimum Gasteiger partial charge on any atom is -0.480 e. The molecule has 1 saturated heterocycles. The van der Waals surface area contributed by atoms with E-state index >= 15 is 0 Å². The molecule has 0 bridgehead atoms. The topological polar surface area (TPSA) is 270 Å². The molecule has 49 heavy (non-hydrogen) atoms. The van der Waals surface area contributed by atoms with Gasteiger partial charge in [-0.1, -0.05) is 34.1 Å². The summed E-state index contributed by atoms with van der Waals surface area (Å²) in [6.07, 6.45) is 1.09. The maximum absolute atomic E-state index is 13.2. The summed E-state index contributed by atoms with van der Waals surface area (Å²) < 4.78 is 0. The number of carbonyl (C=O) groups excluding carboxylic acids is 6. The van der Waals surface area contributed by atoms with Crippen LogP contribution in [-0.4, -0.2) is 124 Å². The molecule has 17 heteroatoms. The summed E-state index contributed by atoms with van der Waals surface area (Å²) in [6, 6.07) is -7.42. The van der Waals surface area contributed by atoms with E-state index in [1.165, 1.54) is 18.7 Å². The van der Waals surface area contributed by atoms with Gasteiger partial charge in [0.05, 0.1) is 18.8 Å². The monoisotopic (exact) mass is 699 g/mol. The first-order valence-electron chi connectivity index (χ1n) is 17.0. The molecule has 8 atom stereocenters. The highest BCUT2D eigenvalue weighted by atomic mass is 16.4. The largest absolute Gasteiger partial charge is 0.480 e. The Morgan fingerprint density at radius 2 is 1.49 bits per heavy atom. The van der Waals surface area contributed by atoms with Gasteiger partial charge in [-0.2, -0.15) is 0 Å². The number of aliphatic hydroxyl groups is 2. The van der Waals surface area contributed by atoms with Crippen molar-refractivity contribution in [2.24, 2.45) is 17.6 Å². The second-order valence-electron chi connectivity index (χ2n) is 13.1. The normalized spacial score (nSPS) is 18.7. The third-order valence-corrected chi connectivity index (χ3v) is 8.46. The van der Waals surface area contributed by atoms with Crippen molar-refractivity contribution in [3.8, 4) is 0 Å². The molecule has 0 unspecified atom stereocenters. The zero-order valence-electron chi connectivity index (χ0n) is 29.5. The summed E-state index contributed by atoms with van der Waals surface area (Å²) in [5.74, 6) is -5.64. The van der Waals surface area contributed by atoms with Gasteiger partial charge in [0.25, 0.3) is 0 Å². The summed E-state index contributed by atoms with van der Waals surface area (Å²) in [4.78, 5) is 90.3. The molecule has 0 aromatic rings. The smallest absolute Gasteiger partial charge is 0.326 e. The molecular weight excluding hydrogens is 642 g/mol. The number of likely N-dealkylation sites (tertiary alicyclic amines) is 1. The summed E-state index contributed by atoms with van der Waals surface area (Å²) in [5.41, 5.74) is 6.06. The van der Waals surface area contributed by atoms with Crippen molar-refractivity contribution in [2.45, 2.75) is 129 Å². The molecule has 6 amide bonds. The van der Waals surface area contributed by atoms with E-state index in [0.29, 0.717) is 51.6 Å². The van der Waals surface area contributed by atoms with Gasteiger partial charge in [0.1, 0.15) is 30.2 Å². The van der Waals surface area contributed by atoms with Crippen LogP contribution in [0.25, 0.3) is 0 Å². The zero-order valence-corrected chi connectivity index (χ0v) is 29.5. The number of carboxylic acid groups (broad SMARTS) is 1. The predicted molar refractivity (Wildman–Crippen MR) is 178 cm³/mol. The van der Waals surface area contributed by atoms with E-state index in [0.717, 1.165) is 0 Å². The Labute approximate surface area is 287 Å². The second kappa shape index (κ2) is 21.3. The molecule has 1 heterocycles.